The van der Waals surface area contributed by atoms with Gasteiger partial charge in [-0.2, -0.15) is 24.9 Å². The van der Waals surface area contributed by atoms with Gasteiger partial charge in [-0.3, -0.25) is 4.79 Å². The summed E-state index contributed by atoms with van der Waals surface area (Å²) in [4.78, 5) is 22.3. The minimum absolute atomic E-state index is 0.0663. The number of nitrogens with one attached hydrogen (secondary N) is 2. The predicted molar refractivity (Wildman–Crippen MR) is 73.3 cm³/mol. The molecule has 0 aromatic heterocycles. The number of carbonyl (C=O) groups excluding carboxylic acids is 1. The first-order valence-corrected chi connectivity index (χ1v) is 7.85. The number of amides is 2. The van der Waals surface area contributed by atoms with Crippen molar-refractivity contribution in [1.29, 1.82) is 0 Å². The van der Waals surface area contributed by atoms with Gasteiger partial charge in [0.1, 0.15) is 0 Å². The molecule has 1 saturated carbocycles. The molecule has 1 rings (SSSR count). The molecule has 21 heavy (non-hydrogen) atoms. The average Bonchev–Trinajstić information content (AvgIpc) is 2.37. The van der Waals surface area contributed by atoms with Crippen LogP contribution >= 0.6 is 11.8 Å². The second-order valence-electron chi connectivity index (χ2n) is 4.95. The number of urea groups is 1. The molecule has 0 aliphatic heterocycles. The van der Waals surface area contributed by atoms with Crippen molar-refractivity contribution in [3.63, 3.8) is 0 Å². The molecule has 0 saturated heterocycles. The first-order valence-electron chi connectivity index (χ1n) is 6.69. The first-order chi connectivity index (χ1) is 9.78. The summed E-state index contributed by atoms with van der Waals surface area (Å²) in [5.74, 6) is -1.88. The molecule has 0 radical (unpaired) electrons. The smallest absolute Gasteiger partial charge is 0.397 e. The fourth-order valence-electron chi connectivity index (χ4n) is 2.15. The van der Waals surface area contributed by atoms with Gasteiger partial charge in [0.25, 0.3) is 0 Å². The van der Waals surface area contributed by atoms with Crippen LogP contribution in [-0.4, -0.2) is 47.4 Å². The van der Waals surface area contributed by atoms with Crippen LogP contribution in [0.3, 0.4) is 0 Å². The second-order valence-corrected chi connectivity index (χ2v) is 6.06. The van der Waals surface area contributed by atoms with Crippen LogP contribution in [0.15, 0.2) is 0 Å². The van der Waals surface area contributed by atoms with Crippen LogP contribution in [-0.2, 0) is 4.79 Å². The van der Waals surface area contributed by atoms with Gasteiger partial charge in [-0.15, -0.1) is 0 Å². The second kappa shape index (κ2) is 8.35. The number of carbonyl (C=O) groups is 2. The molecule has 0 spiro atoms. The maximum absolute atomic E-state index is 11.9. The Hall–Kier alpha value is -1.12. The van der Waals surface area contributed by atoms with Crippen molar-refractivity contribution in [2.24, 2.45) is 5.92 Å². The van der Waals surface area contributed by atoms with E-state index in [2.05, 4.69) is 10.6 Å². The zero-order valence-electron chi connectivity index (χ0n) is 11.4. The van der Waals surface area contributed by atoms with E-state index in [0.29, 0.717) is 25.7 Å². The minimum Gasteiger partial charge on any atom is -0.481 e. The average molecular weight is 328 g/mol. The number of rotatable bonds is 6. The molecule has 9 heteroatoms. The van der Waals surface area contributed by atoms with E-state index in [1.54, 1.807) is 0 Å². The number of thioether (sulfide) groups is 1. The zero-order valence-corrected chi connectivity index (χ0v) is 12.2. The van der Waals surface area contributed by atoms with Gasteiger partial charge >= 0.3 is 18.2 Å². The molecular formula is C12H19F3N2O3S. The largest absolute Gasteiger partial charge is 0.481 e. The highest BCUT2D eigenvalue weighted by Crippen LogP contribution is 2.24. The lowest BCUT2D eigenvalue weighted by Crippen LogP contribution is -2.44. The summed E-state index contributed by atoms with van der Waals surface area (Å²) in [7, 11) is 0. The fourth-order valence-corrected chi connectivity index (χ4v) is 2.77. The Labute approximate surface area is 125 Å². The molecule has 1 aliphatic rings. The van der Waals surface area contributed by atoms with Crippen LogP contribution in [0.1, 0.15) is 25.7 Å². The molecule has 0 unspecified atom stereocenters. The molecule has 0 bridgehead atoms. The van der Waals surface area contributed by atoms with Crippen molar-refractivity contribution in [3.05, 3.63) is 0 Å². The third-order valence-electron chi connectivity index (χ3n) is 3.21. The normalized spacial score (nSPS) is 22.6. The maximum atomic E-state index is 11.9. The highest BCUT2D eigenvalue weighted by molar-refractivity contribution is 7.99. The van der Waals surface area contributed by atoms with E-state index in [1.165, 1.54) is 0 Å². The van der Waals surface area contributed by atoms with E-state index in [1.807, 2.05) is 0 Å². The van der Waals surface area contributed by atoms with Crippen molar-refractivity contribution in [2.75, 3.05) is 18.1 Å². The molecule has 1 fully saturated rings. The van der Waals surface area contributed by atoms with Crippen molar-refractivity contribution in [3.8, 4) is 0 Å². The Morgan fingerprint density at radius 3 is 2.33 bits per heavy atom. The quantitative estimate of drug-likeness (QED) is 0.653. The van der Waals surface area contributed by atoms with Crippen LogP contribution in [0.4, 0.5) is 18.0 Å². The molecule has 5 nitrogen and oxygen atoms in total. The number of carboxylic acid groups (broad SMARTS) is 1. The van der Waals surface area contributed by atoms with Crippen molar-refractivity contribution < 1.29 is 27.9 Å². The van der Waals surface area contributed by atoms with E-state index < -0.39 is 23.9 Å². The molecule has 0 aromatic rings. The summed E-state index contributed by atoms with van der Waals surface area (Å²) in [6, 6.07) is -0.482. The van der Waals surface area contributed by atoms with E-state index >= 15 is 0 Å². The van der Waals surface area contributed by atoms with Gasteiger partial charge < -0.3 is 15.7 Å². The van der Waals surface area contributed by atoms with Crippen LogP contribution in [0.5, 0.6) is 0 Å². The highest BCUT2D eigenvalue weighted by atomic mass is 32.2. The molecule has 0 heterocycles. The van der Waals surface area contributed by atoms with E-state index in [0.717, 1.165) is 11.8 Å². The number of aliphatic carboxylic acids is 1. The molecule has 0 aromatic carbocycles. The molecule has 0 atom stereocenters. The summed E-state index contributed by atoms with van der Waals surface area (Å²) in [6.07, 6.45) is -1.92. The van der Waals surface area contributed by atoms with Gasteiger partial charge in [-0.05, 0) is 25.7 Å². The molecule has 3 N–H and O–H groups in total. The topological polar surface area (TPSA) is 78.4 Å². The lowest BCUT2D eigenvalue weighted by Gasteiger charge is -2.26. The summed E-state index contributed by atoms with van der Waals surface area (Å²) in [6.45, 7) is 0.164. The fraction of sp³-hybridized carbons (Fsp3) is 0.833. The number of halogens is 3. The van der Waals surface area contributed by atoms with Crippen molar-refractivity contribution in [1.82, 2.24) is 10.6 Å². The summed E-state index contributed by atoms with van der Waals surface area (Å²) >= 11 is 0.719. The standard InChI is InChI=1S/C12H19F3N2O3S/c13-12(14,15)7-21-6-5-16-11(20)17-9-3-1-8(2-4-9)10(18)19/h8-9H,1-7H2,(H,18,19)(H2,16,17,20). The molecule has 122 valence electrons. The van der Waals surface area contributed by atoms with E-state index in [-0.39, 0.29) is 24.3 Å². The van der Waals surface area contributed by atoms with Crippen molar-refractivity contribution in [2.45, 2.75) is 37.9 Å². The highest BCUT2D eigenvalue weighted by Gasteiger charge is 2.27. The zero-order chi connectivity index (χ0) is 15.9. The van der Waals surface area contributed by atoms with Crippen LogP contribution in [0.2, 0.25) is 0 Å². The molecular weight excluding hydrogens is 309 g/mol. The maximum Gasteiger partial charge on any atom is 0.397 e. The first kappa shape index (κ1) is 17.9. The third-order valence-corrected chi connectivity index (χ3v) is 4.23. The summed E-state index contributed by atoms with van der Waals surface area (Å²) in [5.41, 5.74) is 0. The lowest BCUT2D eigenvalue weighted by atomic mass is 9.86. The minimum atomic E-state index is -4.18. The van der Waals surface area contributed by atoms with E-state index in [4.69, 9.17) is 5.11 Å². The van der Waals surface area contributed by atoms with Gasteiger partial charge in [-0.25, -0.2) is 4.79 Å². The Bertz CT molecular complexity index is 358. The van der Waals surface area contributed by atoms with E-state index in [9.17, 15) is 22.8 Å². The lowest BCUT2D eigenvalue weighted by molar-refractivity contribution is -0.142. The summed E-state index contributed by atoms with van der Waals surface area (Å²) < 4.78 is 35.6. The third kappa shape index (κ3) is 8.03. The number of alkyl halides is 3. The van der Waals surface area contributed by atoms with Gasteiger partial charge in [-0.1, -0.05) is 0 Å². The Morgan fingerprint density at radius 2 is 1.81 bits per heavy atom. The van der Waals surface area contributed by atoms with Gasteiger partial charge in [0, 0.05) is 18.3 Å². The van der Waals surface area contributed by atoms with Gasteiger partial charge in [0.15, 0.2) is 0 Å². The monoisotopic (exact) mass is 328 g/mol. The Balaban J connectivity index is 2.08. The number of carboxylic acids is 1. The molecule has 1 aliphatic carbocycles. The van der Waals surface area contributed by atoms with Gasteiger partial charge in [0.05, 0.1) is 11.7 Å². The number of hydrogen-bond acceptors (Lipinski definition) is 3. The molecule has 2 amide bonds. The predicted octanol–water partition coefficient (Wildman–Crippen LogP) is 2.22. The van der Waals surface area contributed by atoms with Crippen LogP contribution in [0.25, 0.3) is 0 Å². The SMILES string of the molecule is O=C(NCCSCC(F)(F)F)NC1CCC(C(=O)O)CC1. The van der Waals surface area contributed by atoms with Gasteiger partial charge in [0.2, 0.25) is 0 Å². The number of hydrogen-bond donors (Lipinski definition) is 3. The Morgan fingerprint density at radius 1 is 1.19 bits per heavy atom. The Kier molecular flexibility index (Phi) is 7.13. The van der Waals surface area contributed by atoms with Crippen molar-refractivity contribution >= 4 is 23.8 Å². The summed E-state index contributed by atoms with van der Waals surface area (Å²) in [5, 5.41) is 14.1. The van der Waals surface area contributed by atoms with Crippen LogP contribution in [0, 0.1) is 5.92 Å². The van der Waals surface area contributed by atoms with Crippen LogP contribution < -0.4 is 10.6 Å².